The third-order valence-electron chi connectivity index (χ3n) is 6.37. The van der Waals surface area contributed by atoms with Crippen molar-refractivity contribution in [1.82, 2.24) is 5.32 Å². The Bertz CT molecular complexity index is 1710. The monoisotopic (exact) mass is 664 g/mol. The third-order valence-corrected chi connectivity index (χ3v) is 7.22. The van der Waals surface area contributed by atoms with E-state index in [0.717, 1.165) is 16.0 Å². The second kappa shape index (κ2) is 13.1. The molecule has 0 atom stereocenters. The molecule has 4 aromatic rings. The Morgan fingerprint density at radius 2 is 1.51 bits per heavy atom. The van der Waals surface area contributed by atoms with Crippen molar-refractivity contribution in [3.05, 3.63) is 123 Å². The quantitative estimate of drug-likeness (QED) is 0.152. The maximum absolute atomic E-state index is 13.4. The third kappa shape index (κ3) is 7.04. The molecule has 43 heavy (non-hydrogen) atoms. The summed E-state index contributed by atoms with van der Waals surface area (Å²) in [5.41, 5.74) is 2.11. The van der Waals surface area contributed by atoms with Gasteiger partial charge in [0.25, 0.3) is 11.8 Å². The predicted octanol–water partition coefficient (Wildman–Crippen LogP) is 7.07. The van der Waals surface area contributed by atoms with Crippen LogP contribution in [0.1, 0.15) is 16.7 Å². The van der Waals surface area contributed by atoms with Gasteiger partial charge in [-0.1, -0.05) is 35.9 Å². The van der Waals surface area contributed by atoms with Crippen LogP contribution in [0.15, 0.2) is 95.0 Å². The van der Waals surface area contributed by atoms with Crippen molar-refractivity contribution in [2.45, 2.75) is 13.2 Å². The summed E-state index contributed by atoms with van der Waals surface area (Å²) in [6, 6.07) is 21.8. The van der Waals surface area contributed by atoms with E-state index in [1.54, 1.807) is 60.7 Å². The molecule has 218 valence electrons. The Kier molecular flexibility index (Phi) is 9.08. The Balaban J connectivity index is 1.33. The summed E-state index contributed by atoms with van der Waals surface area (Å²) in [7, 11) is 1.45. The maximum atomic E-state index is 13.4. The number of rotatable bonds is 9. The van der Waals surface area contributed by atoms with Crippen LogP contribution in [0.5, 0.6) is 17.2 Å². The van der Waals surface area contributed by atoms with Crippen LogP contribution in [0.3, 0.4) is 0 Å². The Morgan fingerprint density at radius 3 is 2.16 bits per heavy atom. The van der Waals surface area contributed by atoms with Crippen molar-refractivity contribution in [3.8, 4) is 17.2 Å². The molecular formula is C32H23BrClFN2O6. The molecule has 0 aliphatic carbocycles. The van der Waals surface area contributed by atoms with Crippen molar-refractivity contribution < 1.29 is 33.0 Å². The predicted molar refractivity (Wildman–Crippen MR) is 163 cm³/mol. The number of amides is 4. The number of barbiturate groups is 1. The summed E-state index contributed by atoms with van der Waals surface area (Å²) < 4.78 is 30.9. The van der Waals surface area contributed by atoms with Gasteiger partial charge in [0, 0.05) is 5.02 Å². The van der Waals surface area contributed by atoms with Crippen molar-refractivity contribution in [3.63, 3.8) is 0 Å². The molecule has 1 aliphatic rings. The van der Waals surface area contributed by atoms with Gasteiger partial charge in [0.1, 0.15) is 30.4 Å². The second-order valence-electron chi connectivity index (χ2n) is 9.32. The molecule has 1 saturated heterocycles. The minimum absolute atomic E-state index is 0.151. The molecular weight excluding hydrogens is 643 g/mol. The van der Waals surface area contributed by atoms with Gasteiger partial charge in [-0.25, -0.2) is 14.1 Å². The molecule has 4 amide bonds. The number of methoxy groups -OCH3 is 1. The SMILES string of the molecule is COc1cc(/C=C2\C(=O)NC(=O)N(c3ccc(OCc4ccc(Cl)cc4)cc3)C2=O)cc(Br)c1OCc1ccc(F)cc1. The van der Waals surface area contributed by atoms with E-state index in [-0.39, 0.29) is 23.7 Å². The number of hydrogen-bond acceptors (Lipinski definition) is 6. The van der Waals surface area contributed by atoms with E-state index in [2.05, 4.69) is 21.2 Å². The Morgan fingerprint density at radius 1 is 0.884 bits per heavy atom. The van der Waals surface area contributed by atoms with E-state index in [9.17, 15) is 18.8 Å². The molecule has 11 heteroatoms. The van der Waals surface area contributed by atoms with Gasteiger partial charge in [0.2, 0.25) is 0 Å². The molecule has 0 unspecified atom stereocenters. The first kappa shape index (κ1) is 29.8. The highest BCUT2D eigenvalue weighted by molar-refractivity contribution is 9.10. The van der Waals surface area contributed by atoms with Gasteiger partial charge in [-0.05, 0) is 99.4 Å². The highest BCUT2D eigenvalue weighted by Crippen LogP contribution is 2.38. The van der Waals surface area contributed by atoms with Crippen molar-refractivity contribution in [2.24, 2.45) is 0 Å². The van der Waals surface area contributed by atoms with E-state index < -0.39 is 17.8 Å². The maximum Gasteiger partial charge on any atom is 0.335 e. The number of benzene rings is 4. The average Bonchev–Trinajstić information content (AvgIpc) is 2.99. The van der Waals surface area contributed by atoms with Crippen LogP contribution >= 0.6 is 27.5 Å². The molecule has 0 aromatic heterocycles. The van der Waals surface area contributed by atoms with Crippen LogP contribution in [-0.2, 0) is 22.8 Å². The van der Waals surface area contributed by atoms with Crippen LogP contribution in [-0.4, -0.2) is 25.0 Å². The zero-order chi connectivity index (χ0) is 30.5. The molecule has 0 radical (unpaired) electrons. The summed E-state index contributed by atoms with van der Waals surface area (Å²) in [5.74, 6) is -0.749. The molecule has 1 aliphatic heterocycles. The molecule has 0 spiro atoms. The lowest BCUT2D eigenvalue weighted by Gasteiger charge is -2.26. The van der Waals surface area contributed by atoms with Gasteiger partial charge >= 0.3 is 6.03 Å². The molecule has 1 N–H and O–H groups in total. The summed E-state index contributed by atoms with van der Waals surface area (Å²) in [5, 5.41) is 2.84. The molecule has 5 rings (SSSR count). The smallest absolute Gasteiger partial charge is 0.335 e. The van der Waals surface area contributed by atoms with Crippen LogP contribution in [0.4, 0.5) is 14.9 Å². The molecule has 1 heterocycles. The minimum Gasteiger partial charge on any atom is -0.493 e. The number of hydrogen-bond donors (Lipinski definition) is 1. The first-order valence-electron chi connectivity index (χ1n) is 12.9. The zero-order valence-corrected chi connectivity index (χ0v) is 24.9. The highest BCUT2D eigenvalue weighted by atomic mass is 79.9. The molecule has 1 fully saturated rings. The van der Waals surface area contributed by atoms with E-state index in [4.69, 9.17) is 25.8 Å². The number of imide groups is 2. The van der Waals surface area contributed by atoms with E-state index >= 15 is 0 Å². The van der Waals surface area contributed by atoms with Crippen molar-refractivity contribution in [1.29, 1.82) is 0 Å². The summed E-state index contributed by atoms with van der Waals surface area (Å²) >= 11 is 9.37. The number of carbonyl (C=O) groups excluding carboxylic acids is 3. The van der Waals surface area contributed by atoms with E-state index in [1.165, 1.54) is 25.3 Å². The molecule has 4 aromatic carbocycles. The number of halogens is 3. The Hall–Kier alpha value is -4.67. The van der Waals surface area contributed by atoms with Crippen molar-refractivity contribution in [2.75, 3.05) is 12.0 Å². The van der Waals surface area contributed by atoms with Gasteiger partial charge in [0.05, 0.1) is 17.3 Å². The lowest BCUT2D eigenvalue weighted by Crippen LogP contribution is -2.54. The van der Waals surface area contributed by atoms with Gasteiger partial charge in [-0.15, -0.1) is 0 Å². The topological polar surface area (TPSA) is 94.2 Å². The fourth-order valence-corrected chi connectivity index (χ4v) is 4.90. The van der Waals surface area contributed by atoms with Gasteiger partial charge in [0.15, 0.2) is 11.5 Å². The normalized spacial score (nSPS) is 14.1. The number of nitrogens with zero attached hydrogens (tertiary/aromatic N) is 1. The van der Waals surface area contributed by atoms with E-state index in [1.807, 2.05) is 12.1 Å². The number of nitrogens with one attached hydrogen (secondary N) is 1. The van der Waals surface area contributed by atoms with Gasteiger partial charge < -0.3 is 14.2 Å². The van der Waals surface area contributed by atoms with E-state index in [0.29, 0.717) is 38.9 Å². The minimum atomic E-state index is -0.870. The molecule has 0 bridgehead atoms. The summed E-state index contributed by atoms with van der Waals surface area (Å²) in [6.07, 6.45) is 1.36. The number of anilines is 1. The average molecular weight is 666 g/mol. The number of ether oxygens (including phenoxy) is 3. The highest BCUT2D eigenvalue weighted by Gasteiger charge is 2.37. The van der Waals surface area contributed by atoms with Gasteiger partial charge in [-0.2, -0.15) is 0 Å². The van der Waals surface area contributed by atoms with Crippen molar-refractivity contribution >= 4 is 57.1 Å². The van der Waals surface area contributed by atoms with Gasteiger partial charge in [-0.3, -0.25) is 14.9 Å². The molecule has 0 saturated carbocycles. The summed E-state index contributed by atoms with van der Waals surface area (Å²) in [6.45, 7) is 0.453. The first-order chi connectivity index (χ1) is 20.7. The summed E-state index contributed by atoms with van der Waals surface area (Å²) in [4.78, 5) is 39.7. The standard InChI is InChI=1S/C32H23BrClFN2O6/c1-41-28-16-21(15-27(33)29(28)43-18-20-4-8-23(35)9-5-20)14-26-30(38)36-32(40)37(31(26)39)24-10-12-25(13-11-24)42-17-19-2-6-22(34)7-3-19/h2-16H,17-18H2,1H3,(H,36,38,40)/b26-14+. The fourth-order valence-electron chi connectivity index (χ4n) is 4.20. The van der Waals surface area contributed by atoms with Crippen LogP contribution in [0, 0.1) is 5.82 Å². The van der Waals surface area contributed by atoms with Crippen LogP contribution in [0.25, 0.3) is 6.08 Å². The first-order valence-corrected chi connectivity index (χ1v) is 14.0. The van der Waals surface area contributed by atoms with Crippen LogP contribution in [0.2, 0.25) is 5.02 Å². The fraction of sp³-hybridized carbons (Fsp3) is 0.0938. The number of urea groups is 1. The largest absolute Gasteiger partial charge is 0.493 e. The Labute approximate surface area is 259 Å². The lowest BCUT2D eigenvalue weighted by atomic mass is 10.1. The number of carbonyl (C=O) groups is 3. The molecule has 8 nitrogen and oxygen atoms in total. The van der Waals surface area contributed by atoms with Crippen LogP contribution < -0.4 is 24.4 Å². The second-order valence-corrected chi connectivity index (χ2v) is 10.6. The zero-order valence-electron chi connectivity index (χ0n) is 22.6. The lowest BCUT2D eigenvalue weighted by molar-refractivity contribution is -0.122.